The van der Waals surface area contributed by atoms with Crippen molar-refractivity contribution in [3.63, 3.8) is 0 Å². The molecule has 0 amide bonds. The van der Waals surface area contributed by atoms with Crippen LogP contribution in [-0.4, -0.2) is 12.0 Å². The summed E-state index contributed by atoms with van der Waals surface area (Å²) in [5, 5.41) is 9.07. The van der Waals surface area contributed by atoms with Gasteiger partial charge in [-0.1, -0.05) is 28.8 Å². The topological polar surface area (TPSA) is 29.5 Å². The van der Waals surface area contributed by atoms with Crippen molar-refractivity contribution in [2.75, 3.05) is 0 Å². The first-order valence-electron chi connectivity index (χ1n) is 4.26. The monoisotopic (exact) mass is 240 g/mol. The lowest BCUT2D eigenvalue weighted by molar-refractivity contribution is 0.281. The number of aliphatic hydroxyl groups is 1. The Hall–Kier alpha value is -0.315. The Morgan fingerprint density at radius 2 is 2.38 bits per heavy atom. The van der Waals surface area contributed by atoms with Crippen LogP contribution in [-0.2, 0) is 17.9 Å². The van der Waals surface area contributed by atoms with Crippen molar-refractivity contribution in [1.29, 1.82) is 0 Å². The van der Waals surface area contributed by atoms with Crippen molar-refractivity contribution >= 4 is 28.3 Å². The molecule has 13 heavy (non-hydrogen) atoms. The molecule has 0 bridgehead atoms. The third-order valence-corrected chi connectivity index (χ3v) is 3.14. The second-order valence-electron chi connectivity index (χ2n) is 3.25. The number of halogens is 1. The first-order valence-corrected chi connectivity index (χ1v) is 5.05. The minimum Gasteiger partial charge on any atom is -0.427 e. The van der Waals surface area contributed by atoms with Gasteiger partial charge < -0.3 is 9.76 Å². The van der Waals surface area contributed by atoms with E-state index in [4.69, 9.17) is 9.76 Å². The molecule has 1 heterocycles. The zero-order valence-electron chi connectivity index (χ0n) is 7.38. The molecule has 1 aromatic carbocycles. The number of benzene rings is 1. The van der Waals surface area contributed by atoms with Gasteiger partial charge in [0.25, 0.3) is 0 Å². The fourth-order valence-corrected chi connectivity index (χ4v) is 2.12. The second-order valence-corrected chi connectivity index (χ2v) is 4.11. The van der Waals surface area contributed by atoms with Crippen LogP contribution < -0.4 is 5.46 Å². The smallest absolute Gasteiger partial charge is 0.324 e. The molecule has 68 valence electrons. The molecular formula is C9H10BBrO2. The average Bonchev–Trinajstić information content (AvgIpc) is 2.46. The molecular weight excluding hydrogens is 231 g/mol. The first-order chi connectivity index (χ1) is 6.22. The molecule has 0 saturated carbocycles. The van der Waals surface area contributed by atoms with E-state index in [1.165, 1.54) is 11.0 Å². The quantitative estimate of drug-likeness (QED) is 0.750. The van der Waals surface area contributed by atoms with Crippen molar-refractivity contribution in [1.82, 2.24) is 0 Å². The van der Waals surface area contributed by atoms with Gasteiger partial charge in [0.05, 0.1) is 13.2 Å². The van der Waals surface area contributed by atoms with Crippen LogP contribution in [0.25, 0.3) is 0 Å². The molecule has 1 aliphatic heterocycles. The van der Waals surface area contributed by atoms with E-state index in [1.807, 2.05) is 19.0 Å². The van der Waals surface area contributed by atoms with Gasteiger partial charge in [-0.2, -0.15) is 0 Å². The van der Waals surface area contributed by atoms with E-state index in [0.29, 0.717) is 6.61 Å². The first kappa shape index (κ1) is 9.25. The standard InChI is InChI=1S/C9H10BBrO2/c1-10-8-2-6(4-12)9(11)3-7(8)5-13-10/h2-3,12H,4-5H2,1H3. The van der Waals surface area contributed by atoms with Crippen LogP contribution in [0.4, 0.5) is 0 Å². The Bertz CT molecular complexity index is 341. The number of fused-ring (bicyclic) bond motifs is 1. The van der Waals surface area contributed by atoms with Crippen molar-refractivity contribution < 1.29 is 9.76 Å². The summed E-state index contributed by atoms with van der Waals surface area (Å²) in [7, 11) is 0. The molecule has 2 rings (SSSR count). The molecule has 0 aliphatic carbocycles. The van der Waals surface area contributed by atoms with Gasteiger partial charge in [-0.15, -0.1) is 0 Å². The lowest BCUT2D eigenvalue weighted by Gasteiger charge is -2.05. The summed E-state index contributed by atoms with van der Waals surface area (Å²) in [6.07, 6.45) is 0. The van der Waals surface area contributed by atoms with Gasteiger partial charge in [0.2, 0.25) is 0 Å². The highest BCUT2D eigenvalue weighted by atomic mass is 79.9. The van der Waals surface area contributed by atoms with Gasteiger partial charge in [-0.05, 0) is 22.7 Å². The zero-order valence-corrected chi connectivity index (χ0v) is 8.97. The predicted molar refractivity (Wildman–Crippen MR) is 56.1 cm³/mol. The highest BCUT2D eigenvalue weighted by Gasteiger charge is 2.24. The number of hydrogen-bond acceptors (Lipinski definition) is 2. The maximum atomic E-state index is 9.07. The van der Waals surface area contributed by atoms with E-state index < -0.39 is 0 Å². The maximum absolute atomic E-state index is 9.07. The molecule has 0 unspecified atom stereocenters. The Morgan fingerprint density at radius 3 is 3.08 bits per heavy atom. The highest BCUT2D eigenvalue weighted by Crippen LogP contribution is 2.21. The van der Waals surface area contributed by atoms with E-state index in [9.17, 15) is 0 Å². The van der Waals surface area contributed by atoms with E-state index in [0.717, 1.165) is 10.0 Å². The molecule has 2 nitrogen and oxygen atoms in total. The number of hydrogen-bond donors (Lipinski definition) is 1. The van der Waals surface area contributed by atoms with Crippen molar-refractivity contribution in [3.8, 4) is 0 Å². The fourth-order valence-electron chi connectivity index (χ4n) is 1.61. The Morgan fingerprint density at radius 1 is 1.62 bits per heavy atom. The molecule has 0 aromatic heterocycles. The lowest BCUT2D eigenvalue weighted by atomic mass is 9.64. The van der Waals surface area contributed by atoms with Crippen LogP contribution in [0, 0.1) is 0 Å². The molecule has 0 spiro atoms. The minimum absolute atomic E-state index is 0.0700. The number of aliphatic hydroxyl groups excluding tert-OH is 1. The van der Waals surface area contributed by atoms with Crippen LogP contribution >= 0.6 is 15.9 Å². The van der Waals surface area contributed by atoms with Gasteiger partial charge in [0.15, 0.2) is 0 Å². The SMILES string of the molecule is CB1OCc2cc(Br)c(CO)cc21. The molecule has 0 atom stereocenters. The normalized spacial score (nSPS) is 14.8. The van der Waals surface area contributed by atoms with Crippen LogP contribution in [0.1, 0.15) is 11.1 Å². The molecule has 1 aliphatic rings. The maximum Gasteiger partial charge on any atom is 0.324 e. The summed E-state index contributed by atoms with van der Waals surface area (Å²) in [6, 6.07) is 4.04. The van der Waals surface area contributed by atoms with Gasteiger partial charge in [-0.3, -0.25) is 0 Å². The summed E-state index contributed by atoms with van der Waals surface area (Å²) < 4.78 is 6.44. The minimum atomic E-state index is 0.0700. The van der Waals surface area contributed by atoms with Crippen LogP contribution in [0.2, 0.25) is 6.82 Å². The van der Waals surface area contributed by atoms with Crippen LogP contribution in [0.15, 0.2) is 16.6 Å². The molecule has 0 radical (unpaired) electrons. The Labute approximate surface area is 86.2 Å². The van der Waals surface area contributed by atoms with Crippen LogP contribution in [0.5, 0.6) is 0 Å². The highest BCUT2D eigenvalue weighted by molar-refractivity contribution is 9.10. The third-order valence-electron chi connectivity index (χ3n) is 2.41. The fraction of sp³-hybridized carbons (Fsp3) is 0.333. The van der Waals surface area contributed by atoms with E-state index in [-0.39, 0.29) is 13.5 Å². The molecule has 0 fully saturated rings. The van der Waals surface area contributed by atoms with Crippen molar-refractivity contribution in [3.05, 3.63) is 27.7 Å². The van der Waals surface area contributed by atoms with E-state index in [2.05, 4.69) is 15.9 Å². The largest absolute Gasteiger partial charge is 0.427 e. The second kappa shape index (κ2) is 3.44. The average molecular weight is 241 g/mol. The molecule has 4 heteroatoms. The van der Waals surface area contributed by atoms with E-state index in [1.54, 1.807) is 0 Å². The third kappa shape index (κ3) is 1.54. The Balaban J connectivity index is 2.51. The van der Waals surface area contributed by atoms with Gasteiger partial charge >= 0.3 is 6.92 Å². The molecule has 1 aromatic rings. The zero-order chi connectivity index (χ0) is 9.42. The predicted octanol–water partition coefficient (Wildman–Crippen LogP) is 1.30. The van der Waals surface area contributed by atoms with Crippen molar-refractivity contribution in [2.24, 2.45) is 0 Å². The summed E-state index contributed by atoms with van der Waals surface area (Å²) in [4.78, 5) is 0. The summed E-state index contributed by atoms with van der Waals surface area (Å²) in [5.41, 5.74) is 3.35. The van der Waals surface area contributed by atoms with Gasteiger partial charge in [0, 0.05) is 4.47 Å². The van der Waals surface area contributed by atoms with Crippen molar-refractivity contribution in [2.45, 2.75) is 20.0 Å². The molecule has 0 saturated heterocycles. The Kier molecular flexibility index (Phi) is 2.45. The lowest BCUT2D eigenvalue weighted by Crippen LogP contribution is -2.24. The summed E-state index contributed by atoms with van der Waals surface area (Å²) >= 11 is 3.41. The van der Waals surface area contributed by atoms with Gasteiger partial charge in [-0.25, -0.2) is 0 Å². The van der Waals surface area contributed by atoms with E-state index >= 15 is 0 Å². The molecule has 1 N–H and O–H groups in total. The van der Waals surface area contributed by atoms with Crippen LogP contribution in [0.3, 0.4) is 0 Å². The summed E-state index contributed by atoms with van der Waals surface area (Å²) in [5.74, 6) is 0. The summed E-state index contributed by atoms with van der Waals surface area (Å²) in [6.45, 7) is 2.94. The van der Waals surface area contributed by atoms with Gasteiger partial charge in [0.1, 0.15) is 0 Å². The number of rotatable bonds is 1.